The largest absolute Gasteiger partial charge is 0.497 e. The number of hydrogen-bond acceptors (Lipinski definition) is 12. The minimum absolute atomic E-state index is 0.0198. The van der Waals surface area contributed by atoms with Crippen LogP contribution >= 0.6 is 23.2 Å². The Morgan fingerprint density at radius 2 is 1.51 bits per heavy atom. The number of ether oxygens (including phenoxy) is 6. The Hall–Kier alpha value is -6.29. The second-order valence-corrected chi connectivity index (χ2v) is 17.3. The summed E-state index contributed by atoms with van der Waals surface area (Å²) in [6, 6.07) is 20.4. The van der Waals surface area contributed by atoms with Gasteiger partial charge >= 0.3 is 6.09 Å². The van der Waals surface area contributed by atoms with Gasteiger partial charge in [-0.15, -0.1) is 0 Å². The van der Waals surface area contributed by atoms with Crippen LogP contribution in [-0.2, 0) is 33.9 Å². The third kappa shape index (κ3) is 11.7. The first kappa shape index (κ1) is 46.7. The predicted molar refractivity (Wildman–Crippen MR) is 251 cm³/mol. The van der Waals surface area contributed by atoms with Gasteiger partial charge in [-0.25, -0.2) is 14.8 Å². The molecule has 17 heteroatoms. The lowest BCUT2D eigenvalue weighted by atomic mass is 10.1. The van der Waals surface area contributed by atoms with E-state index in [0.29, 0.717) is 102 Å². The number of carbonyl (C=O) groups excluding carboxylic acids is 2. The second-order valence-electron chi connectivity index (χ2n) is 16.4. The van der Waals surface area contributed by atoms with Gasteiger partial charge in [0, 0.05) is 72.2 Å². The van der Waals surface area contributed by atoms with Gasteiger partial charge < -0.3 is 44.0 Å². The number of alkyl carbamates (subject to hydrolysis) is 1. The molecule has 3 aromatic carbocycles. The Morgan fingerprint density at radius 3 is 2.12 bits per heavy atom. The molecular formula is C48H53Cl2N7O8. The van der Waals surface area contributed by atoms with Crippen molar-refractivity contribution in [2.45, 2.75) is 58.3 Å². The maximum absolute atomic E-state index is 13.7. The van der Waals surface area contributed by atoms with Gasteiger partial charge in [0.05, 0.1) is 70.1 Å². The van der Waals surface area contributed by atoms with E-state index in [4.69, 9.17) is 61.6 Å². The number of methoxy groups -OCH3 is 4. The van der Waals surface area contributed by atoms with Crippen molar-refractivity contribution in [3.63, 3.8) is 0 Å². The van der Waals surface area contributed by atoms with Crippen LogP contribution in [0.1, 0.15) is 49.8 Å². The zero-order valence-corrected chi connectivity index (χ0v) is 39.0. The number of rotatable bonds is 19. The van der Waals surface area contributed by atoms with Crippen LogP contribution in [0.25, 0.3) is 22.0 Å². The minimum atomic E-state index is -0.563. The number of benzene rings is 3. The van der Waals surface area contributed by atoms with Gasteiger partial charge in [0.2, 0.25) is 5.91 Å². The summed E-state index contributed by atoms with van der Waals surface area (Å²) in [4.78, 5) is 37.7. The number of nitrogens with zero attached hydrogens (tertiary/aromatic N) is 5. The summed E-state index contributed by atoms with van der Waals surface area (Å²) >= 11 is 13.7. The normalized spacial score (nSPS) is 14.4. The van der Waals surface area contributed by atoms with Crippen LogP contribution in [0.15, 0.2) is 85.3 Å². The molecule has 0 unspecified atom stereocenters. The van der Waals surface area contributed by atoms with E-state index in [1.54, 1.807) is 63.7 Å². The number of pyridine rings is 2. The molecule has 6 aromatic rings. The van der Waals surface area contributed by atoms with E-state index in [2.05, 4.69) is 20.6 Å². The fourth-order valence-corrected chi connectivity index (χ4v) is 8.05. The van der Waals surface area contributed by atoms with Gasteiger partial charge in [-0.2, -0.15) is 5.10 Å². The minimum Gasteiger partial charge on any atom is -0.497 e. The van der Waals surface area contributed by atoms with E-state index in [1.807, 2.05) is 75.5 Å². The van der Waals surface area contributed by atoms with Gasteiger partial charge in [0.25, 0.3) is 0 Å². The maximum Gasteiger partial charge on any atom is 0.407 e. The van der Waals surface area contributed by atoms with Gasteiger partial charge in [-0.05, 0) is 92.6 Å². The summed E-state index contributed by atoms with van der Waals surface area (Å²) in [5, 5.41) is 12.5. The molecule has 3 aromatic heterocycles. The average molecular weight is 927 g/mol. The monoisotopic (exact) mass is 925 g/mol. The summed E-state index contributed by atoms with van der Waals surface area (Å²) in [5.74, 6) is 3.18. The molecule has 0 spiro atoms. The number of aromatic nitrogens is 4. The van der Waals surface area contributed by atoms with Crippen LogP contribution in [0.3, 0.4) is 0 Å². The van der Waals surface area contributed by atoms with E-state index in [1.165, 1.54) is 0 Å². The zero-order valence-electron chi connectivity index (χ0n) is 37.4. The van der Waals surface area contributed by atoms with Crippen molar-refractivity contribution in [1.82, 2.24) is 25.1 Å². The van der Waals surface area contributed by atoms with Crippen LogP contribution in [-0.4, -0.2) is 85.5 Å². The molecular weight excluding hydrogens is 873 g/mol. The highest BCUT2D eigenvalue weighted by molar-refractivity contribution is 6.39. The molecule has 0 radical (unpaired) electrons. The molecule has 7 rings (SSSR count). The molecule has 0 saturated heterocycles. The van der Waals surface area contributed by atoms with Crippen molar-refractivity contribution < 1.29 is 38.0 Å². The smallest absolute Gasteiger partial charge is 0.407 e. The molecule has 0 bridgehead atoms. The molecule has 342 valence electrons. The molecule has 15 nitrogen and oxygen atoms in total. The first-order chi connectivity index (χ1) is 31.3. The number of nitrogens with one attached hydrogen (secondary N) is 2. The van der Waals surface area contributed by atoms with E-state index in [0.717, 1.165) is 27.5 Å². The molecule has 1 aliphatic rings. The highest BCUT2D eigenvalue weighted by Crippen LogP contribution is 2.48. The van der Waals surface area contributed by atoms with Crippen LogP contribution in [0.2, 0.25) is 10.0 Å². The van der Waals surface area contributed by atoms with Gasteiger partial charge in [-0.3, -0.25) is 9.48 Å². The summed E-state index contributed by atoms with van der Waals surface area (Å²) in [5.41, 5.74) is 3.25. The molecule has 0 aliphatic heterocycles. The molecule has 1 aliphatic carbocycles. The molecule has 65 heavy (non-hydrogen) atoms. The summed E-state index contributed by atoms with van der Waals surface area (Å²) < 4.78 is 35.4. The first-order valence-corrected chi connectivity index (χ1v) is 21.8. The molecule has 1 saturated carbocycles. The molecule has 2 N–H and O–H groups in total. The molecule has 1 fully saturated rings. The van der Waals surface area contributed by atoms with Crippen molar-refractivity contribution in [3.05, 3.63) is 112 Å². The quantitative estimate of drug-likeness (QED) is 0.0743. The van der Waals surface area contributed by atoms with Gasteiger partial charge in [-0.1, -0.05) is 29.3 Å². The SMILES string of the molecule is COc1ccc(CN(Cc2ccc(OC)cc2OC)c2nc(-c3c(Cl)cccc3Cl)cc3cc(NC(=O)[C@@H]4C[C@H]4c4cnn(CCOCCNC(=O)OC(C)(C)C)c4)ncc23)c(OC)c1. The lowest BCUT2D eigenvalue weighted by Crippen LogP contribution is -2.34. The van der Waals surface area contributed by atoms with E-state index < -0.39 is 11.7 Å². The fraction of sp³-hybridized carbons (Fsp3) is 0.354. The Labute approximate surface area is 388 Å². The maximum atomic E-state index is 13.7. The topological polar surface area (TPSA) is 160 Å². The van der Waals surface area contributed by atoms with Crippen LogP contribution in [0.5, 0.6) is 23.0 Å². The lowest BCUT2D eigenvalue weighted by Gasteiger charge is -2.28. The Bertz CT molecular complexity index is 2580. The van der Waals surface area contributed by atoms with Crippen molar-refractivity contribution in [2.24, 2.45) is 5.92 Å². The standard InChI is InChI=1S/C48H53Cl2N7O8/c1-48(2,3)65-47(59)51-15-17-64-18-16-57-28-32(24-53-57)35-23-36(35)46(58)55-43-20-31-19-40(44-38(49)9-8-10-39(44)50)54-45(37(31)25-52-43)56(26-29-11-13-33(60-4)21-41(29)62-6)27-30-12-14-34(61-5)22-42(30)63-7/h8-14,19-22,24-25,28,35-36H,15-18,23,26-27H2,1-7H3,(H,51,59)(H,52,55,58)/t35-,36+/m0/s1. The summed E-state index contributed by atoms with van der Waals surface area (Å²) in [6.07, 6.45) is 5.66. The van der Waals surface area contributed by atoms with E-state index >= 15 is 0 Å². The molecule has 2 amide bonds. The Morgan fingerprint density at radius 1 is 0.846 bits per heavy atom. The Kier molecular flexibility index (Phi) is 14.9. The van der Waals surface area contributed by atoms with Crippen molar-refractivity contribution in [2.75, 3.05) is 58.4 Å². The second kappa shape index (κ2) is 20.7. The number of carbonyl (C=O) groups is 2. The Balaban J connectivity index is 1.13. The van der Waals surface area contributed by atoms with Crippen LogP contribution in [0, 0.1) is 5.92 Å². The molecule has 2 atom stereocenters. The van der Waals surface area contributed by atoms with Crippen LogP contribution < -0.4 is 34.5 Å². The predicted octanol–water partition coefficient (Wildman–Crippen LogP) is 9.32. The average Bonchev–Trinajstić information content (AvgIpc) is 3.95. The number of anilines is 2. The van der Waals surface area contributed by atoms with E-state index in [9.17, 15) is 9.59 Å². The van der Waals surface area contributed by atoms with E-state index in [-0.39, 0.29) is 17.7 Å². The number of fused-ring (bicyclic) bond motifs is 1. The first-order valence-electron chi connectivity index (χ1n) is 21.1. The summed E-state index contributed by atoms with van der Waals surface area (Å²) in [6.45, 7) is 7.73. The van der Waals surface area contributed by atoms with Crippen LogP contribution in [0.4, 0.5) is 16.4 Å². The van der Waals surface area contributed by atoms with Crippen molar-refractivity contribution in [1.29, 1.82) is 0 Å². The number of amides is 2. The van der Waals surface area contributed by atoms with Crippen molar-refractivity contribution >= 4 is 57.6 Å². The van der Waals surface area contributed by atoms with Gasteiger partial charge in [0.15, 0.2) is 0 Å². The highest BCUT2D eigenvalue weighted by atomic mass is 35.5. The third-order valence-electron chi connectivity index (χ3n) is 10.8. The number of hydrogen-bond donors (Lipinski definition) is 2. The highest BCUT2D eigenvalue weighted by Gasteiger charge is 2.44. The summed E-state index contributed by atoms with van der Waals surface area (Å²) in [7, 11) is 6.46. The fourth-order valence-electron chi connectivity index (χ4n) is 7.46. The molecule has 3 heterocycles. The third-order valence-corrected chi connectivity index (χ3v) is 11.4. The zero-order chi connectivity index (χ0) is 46.3. The van der Waals surface area contributed by atoms with Gasteiger partial charge in [0.1, 0.15) is 40.2 Å². The van der Waals surface area contributed by atoms with Crippen molar-refractivity contribution in [3.8, 4) is 34.3 Å². The lowest BCUT2D eigenvalue weighted by molar-refractivity contribution is -0.117. The number of halogens is 2.